The second-order valence-corrected chi connectivity index (χ2v) is 6.33. The third kappa shape index (κ3) is 5.58. The van der Waals surface area contributed by atoms with Crippen molar-refractivity contribution in [3.63, 3.8) is 0 Å². The van der Waals surface area contributed by atoms with E-state index in [-0.39, 0.29) is 18.0 Å². The largest absolute Gasteiger partial charge is 0.367 e. The van der Waals surface area contributed by atoms with Crippen molar-refractivity contribution >= 4 is 23.2 Å². The van der Waals surface area contributed by atoms with Gasteiger partial charge in [-0.3, -0.25) is 19.1 Å². The van der Waals surface area contributed by atoms with Crippen LogP contribution in [0, 0.1) is 13.8 Å². The fourth-order valence-corrected chi connectivity index (χ4v) is 2.47. The minimum absolute atomic E-state index is 0.0673. The molecule has 0 spiro atoms. The summed E-state index contributed by atoms with van der Waals surface area (Å²) < 4.78 is 1.30. The molecular weight excluding hydrogens is 372 g/mol. The molecule has 150 valence electrons. The molecule has 0 aliphatic heterocycles. The average Bonchev–Trinajstić information content (AvgIpc) is 2.73. The summed E-state index contributed by atoms with van der Waals surface area (Å²) in [6.07, 6.45) is 4.76. The first kappa shape index (κ1) is 19.9. The van der Waals surface area contributed by atoms with E-state index in [2.05, 4.69) is 36.1 Å². The van der Waals surface area contributed by atoms with Gasteiger partial charge in [0.25, 0.3) is 5.56 Å². The van der Waals surface area contributed by atoms with Crippen LogP contribution in [0.5, 0.6) is 0 Å². The van der Waals surface area contributed by atoms with Crippen LogP contribution in [0.1, 0.15) is 11.3 Å². The van der Waals surface area contributed by atoms with Gasteiger partial charge in [-0.1, -0.05) is 0 Å². The Hall–Kier alpha value is -3.82. The minimum Gasteiger partial charge on any atom is -0.367 e. The van der Waals surface area contributed by atoms with Gasteiger partial charge in [-0.2, -0.15) is 0 Å². The number of rotatable bonds is 8. The maximum atomic E-state index is 12.1. The maximum absolute atomic E-state index is 12.1. The molecule has 0 unspecified atom stereocenters. The molecule has 3 rings (SSSR count). The SMILES string of the molecule is Cc1ncn(CC(=O)NCCNc2ccc(Nc3ccncc3)nn2)c(=O)c1C. The second-order valence-electron chi connectivity index (χ2n) is 6.33. The third-order valence-corrected chi connectivity index (χ3v) is 4.20. The molecule has 0 fully saturated rings. The summed E-state index contributed by atoms with van der Waals surface area (Å²) in [6.45, 7) is 4.24. The van der Waals surface area contributed by atoms with Crippen LogP contribution in [0.3, 0.4) is 0 Å². The van der Waals surface area contributed by atoms with Crippen molar-refractivity contribution in [3.8, 4) is 0 Å². The van der Waals surface area contributed by atoms with Gasteiger partial charge >= 0.3 is 0 Å². The number of carbonyl (C=O) groups excluding carboxylic acids is 1. The first-order chi connectivity index (χ1) is 14.0. The van der Waals surface area contributed by atoms with Gasteiger partial charge in [0.05, 0.1) is 6.33 Å². The molecule has 10 heteroatoms. The van der Waals surface area contributed by atoms with Crippen molar-refractivity contribution in [2.24, 2.45) is 0 Å². The molecule has 0 aliphatic rings. The van der Waals surface area contributed by atoms with Crippen molar-refractivity contribution in [1.82, 2.24) is 30.0 Å². The van der Waals surface area contributed by atoms with E-state index < -0.39 is 0 Å². The summed E-state index contributed by atoms with van der Waals surface area (Å²) in [5.41, 5.74) is 1.87. The number of aryl methyl sites for hydroxylation is 1. The Morgan fingerprint density at radius 3 is 2.48 bits per heavy atom. The highest BCUT2D eigenvalue weighted by molar-refractivity contribution is 5.75. The number of pyridine rings is 1. The normalized spacial score (nSPS) is 10.4. The number of hydrogen-bond donors (Lipinski definition) is 3. The van der Waals surface area contributed by atoms with Crippen LogP contribution >= 0.6 is 0 Å². The zero-order valence-electron chi connectivity index (χ0n) is 16.2. The zero-order valence-corrected chi connectivity index (χ0v) is 16.2. The number of carbonyl (C=O) groups is 1. The van der Waals surface area contributed by atoms with Crippen molar-refractivity contribution in [3.05, 3.63) is 64.6 Å². The van der Waals surface area contributed by atoms with Gasteiger partial charge in [0, 0.05) is 42.4 Å². The molecule has 3 N–H and O–H groups in total. The topological polar surface area (TPSA) is 127 Å². The Balaban J connectivity index is 1.41. The first-order valence-corrected chi connectivity index (χ1v) is 9.07. The van der Waals surface area contributed by atoms with Gasteiger partial charge < -0.3 is 16.0 Å². The monoisotopic (exact) mass is 394 g/mol. The van der Waals surface area contributed by atoms with Crippen LogP contribution in [0.4, 0.5) is 17.3 Å². The van der Waals surface area contributed by atoms with E-state index in [4.69, 9.17) is 0 Å². The summed E-state index contributed by atoms with van der Waals surface area (Å²) in [5.74, 6) is 0.943. The number of hydrogen-bond acceptors (Lipinski definition) is 8. The Labute approximate surface area is 167 Å². The Bertz CT molecular complexity index is 1020. The van der Waals surface area contributed by atoms with Crippen molar-refractivity contribution in [2.75, 3.05) is 23.7 Å². The standard InChI is InChI=1S/C19H22N8O2/c1-13-14(2)23-12-27(19(13)29)11-18(28)22-10-9-21-16-3-4-17(26-25-16)24-15-5-7-20-8-6-15/h3-8,12H,9-11H2,1-2H3,(H,21,25)(H,22,28)(H,20,24,26). The molecule has 10 nitrogen and oxygen atoms in total. The zero-order chi connectivity index (χ0) is 20.6. The Kier molecular flexibility index (Phi) is 6.46. The average molecular weight is 394 g/mol. The molecule has 0 bridgehead atoms. The molecule has 0 saturated carbocycles. The molecule has 3 aromatic rings. The number of aromatic nitrogens is 5. The summed E-state index contributed by atoms with van der Waals surface area (Å²) in [7, 11) is 0. The Morgan fingerprint density at radius 2 is 1.76 bits per heavy atom. The quantitative estimate of drug-likeness (QED) is 0.483. The summed E-state index contributed by atoms with van der Waals surface area (Å²) in [4.78, 5) is 32.2. The lowest BCUT2D eigenvalue weighted by Crippen LogP contribution is -2.35. The van der Waals surface area contributed by atoms with E-state index in [0.29, 0.717) is 36.0 Å². The molecule has 3 heterocycles. The van der Waals surface area contributed by atoms with Crippen molar-refractivity contribution in [1.29, 1.82) is 0 Å². The fourth-order valence-electron chi connectivity index (χ4n) is 2.47. The molecule has 0 aliphatic carbocycles. The van der Waals surface area contributed by atoms with Crippen LogP contribution in [-0.2, 0) is 11.3 Å². The highest BCUT2D eigenvalue weighted by atomic mass is 16.2. The van der Waals surface area contributed by atoms with Crippen molar-refractivity contribution in [2.45, 2.75) is 20.4 Å². The summed E-state index contributed by atoms with van der Waals surface area (Å²) in [6, 6.07) is 7.25. The van der Waals surface area contributed by atoms with Crippen molar-refractivity contribution < 1.29 is 4.79 Å². The minimum atomic E-state index is -0.262. The van der Waals surface area contributed by atoms with Gasteiger partial charge in [0.2, 0.25) is 5.91 Å². The highest BCUT2D eigenvalue weighted by Gasteiger charge is 2.08. The molecule has 0 atom stereocenters. The van der Waals surface area contributed by atoms with Gasteiger partial charge in [0.1, 0.15) is 12.4 Å². The Morgan fingerprint density at radius 1 is 1.03 bits per heavy atom. The van der Waals surface area contributed by atoms with Crippen LogP contribution in [0.2, 0.25) is 0 Å². The lowest BCUT2D eigenvalue weighted by molar-refractivity contribution is -0.121. The van der Waals surface area contributed by atoms with E-state index in [9.17, 15) is 9.59 Å². The molecule has 0 radical (unpaired) electrons. The van der Waals surface area contributed by atoms with Crippen LogP contribution < -0.4 is 21.5 Å². The van der Waals surface area contributed by atoms with Gasteiger partial charge in [0.15, 0.2) is 5.82 Å². The maximum Gasteiger partial charge on any atom is 0.256 e. The predicted molar refractivity (Wildman–Crippen MR) is 109 cm³/mol. The molecule has 3 aromatic heterocycles. The van der Waals surface area contributed by atoms with Gasteiger partial charge in [-0.05, 0) is 38.1 Å². The molecule has 0 aromatic carbocycles. The van der Waals surface area contributed by atoms with E-state index >= 15 is 0 Å². The molecule has 0 saturated heterocycles. The fraction of sp³-hybridized carbons (Fsp3) is 0.263. The van der Waals surface area contributed by atoms with Crippen LogP contribution in [0.25, 0.3) is 0 Å². The highest BCUT2D eigenvalue weighted by Crippen LogP contribution is 2.13. The van der Waals surface area contributed by atoms with E-state index in [1.54, 1.807) is 38.4 Å². The molecular formula is C19H22N8O2. The molecule has 29 heavy (non-hydrogen) atoms. The predicted octanol–water partition coefficient (Wildman–Crippen LogP) is 1.02. The van der Waals surface area contributed by atoms with Gasteiger partial charge in [-0.15, -0.1) is 10.2 Å². The number of nitrogens with zero attached hydrogens (tertiary/aromatic N) is 5. The van der Waals surface area contributed by atoms with E-state index in [0.717, 1.165) is 5.69 Å². The third-order valence-electron chi connectivity index (χ3n) is 4.20. The number of amides is 1. The summed E-state index contributed by atoms with van der Waals surface area (Å²) >= 11 is 0. The lowest BCUT2D eigenvalue weighted by Gasteiger charge is -2.10. The van der Waals surface area contributed by atoms with E-state index in [1.807, 2.05) is 12.1 Å². The first-order valence-electron chi connectivity index (χ1n) is 9.07. The van der Waals surface area contributed by atoms with Crippen LogP contribution in [-0.4, -0.2) is 43.7 Å². The smallest absolute Gasteiger partial charge is 0.256 e. The number of anilines is 3. The second kappa shape index (κ2) is 9.40. The number of nitrogens with one attached hydrogen (secondary N) is 3. The summed E-state index contributed by atoms with van der Waals surface area (Å²) in [5, 5.41) is 17.1. The van der Waals surface area contributed by atoms with E-state index in [1.165, 1.54) is 10.9 Å². The van der Waals surface area contributed by atoms with Gasteiger partial charge in [-0.25, -0.2) is 4.98 Å². The molecule has 1 amide bonds. The van der Waals surface area contributed by atoms with Crippen LogP contribution in [0.15, 0.2) is 47.8 Å². The lowest BCUT2D eigenvalue weighted by atomic mass is 10.3.